The molecule has 0 unspecified atom stereocenters. The van der Waals surface area contributed by atoms with Gasteiger partial charge in [0, 0.05) is 18.8 Å². The van der Waals surface area contributed by atoms with Crippen LogP contribution in [0.1, 0.15) is 41.5 Å². The van der Waals surface area contributed by atoms with Crippen molar-refractivity contribution in [3.05, 3.63) is 18.2 Å². The Labute approximate surface area is 230 Å². The zero-order chi connectivity index (χ0) is 29.8. The van der Waals surface area contributed by atoms with Crippen LogP contribution in [0.2, 0.25) is 0 Å². The lowest BCUT2D eigenvalue weighted by Crippen LogP contribution is -2.47. The smallest absolute Gasteiger partial charge is 0.410 e. The SMILES string of the molecule is CC(C)(C)OC(=O)N(CCN(CC(=O)Nc1ccc2nc(S(N)(=O)=O)sc2c1)C(=O)OC(C)(C)C)CC(=O)O. The first kappa shape index (κ1) is 31.7. The number of primary sulfonamides is 1. The molecule has 0 spiro atoms. The van der Waals surface area contributed by atoms with Crippen molar-refractivity contribution in [1.29, 1.82) is 0 Å². The standard InChI is InChI=1S/C23H33N5O9S2/c1-22(2,3)36-20(32)27(9-10-28(13-18(30)31)21(33)37-23(4,5)6)12-17(29)25-14-7-8-15-16(11-14)38-19(26-15)39(24,34)35/h7-8,11H,9-10,12-13H2,1-6H3,(H,25,29)(H,30,31)(H2,24,34,35). The number of carboxylic acid groups (broad SMARTS) is 1. The Kier molecular flexibility index (Phi) is 9.86. The monoisotopic (exact) mass is 587 g/mol. The Balaban J connectivity index is 2.20. The molecule has 0 atom stereocenters. The predicted octanol–water partition coefficient (Wildman–Crippen LogP) is 2.44. The van der Waals surface area contributed by atoms with E-state index < -0.39 is 58.4 Å². The second kappa shape index (κ2) is 12.1. The Morgan fingerprint density at radius 2 is 1.49 bits per heavy atom. The number of carboxylic acids is 1. The van der Waals surface area contributed by atoms with Crippen LogP contribution in [0.3, 0.4) is 0 Å². The number of benzene rings is 1. The molecule has 0 saturated carbocycles. The molecule has 2 aromatic rings. The average molecular weight is 588 g/mol. The lowest BCUT2D eigenvalue weighted by Gasteiger charge is -2.30. The number of aliphatic carboxylic acids is 1. The number of fused-ring (bicyclic) bond motifs is 1. The number of hydrogen-bond acceptors (Lipinski definition) is 10. The summed E-state index contributed by atoms with van der Waals surface area (Å²) in [5.41, 5.74) is -1.09. The number of anilines is 1. The molecular weight excluding hydrogens is 554 g/mol. The van der Waals surface area contributed by atoms with E-state index >= 15 is 0 Å². The molecule has 39 heavy (non-hydrogen) atoms. The van der Waals surface area contributed by atoms with Crippen molar-refractivity contribution in [3.63, 3.8) is 0 Å². The van der Waals surface area contributed by atoms with E-state index in [0.717, 1.165) is 21.1 Å². The molecule has 216 valence electrons. The fraction of sp³-hybridized carbons (Fsp3) is 0.522. The zero-order valence-corrected chi connectivity index (χ0v) is 24.1. The van der Waals surface area contributed by atoms with Gasteiger partial charge in [-0.2, -0.15) is 0 Å². The number of nitrogens with zero attached hydrogens (tertiary/aromatic N) is 3. The molecule has 1 heterocycles. The van der Waals surface area contributed by atoms with Crippen LogP contribution in [-0.4, -0.2) is 89.8 Å². The summed E-state index contributed by atoms with van der Waals surface area (Å²) in [6.07, 6.45) is -1.75. The highest BCUT2D eigenvalue weighted by atomic mass is 32.2. The summed E-state index contributed by atoms with van der Waals surface area (Å²) in [6.45, 7) is 8.13. The van der Waals surface area contributed by atoms with Crippen LogP contribution in [0.5, 0.6) is 0 Å². The van der Waals surface area contributed by atoms with Crippen LogP contribution in [0.4, 0.5) is 15.3 Å². The lowest BCUT2D eigenvalue weighted by atomic mass is 10.2. The van der Waals surface area contributed by atoms with Crippen LogP contribution in [0.15, 0.2) is 22.5 Å². The zero-order valence-electron chi connectivity index (χ0n) is 22.5. The summed E-state index contributed by atoms with van der Waals surface area (Å²) in [4.78, 5) is 55.4. The molecule has 0 radical (unpaired) electrons. The van der Waals surface area contributed by atoms with Crippen molar-refractivity contribution in [3.8, 4) is 0 Å². The van der Waals surface area contributed by atoms with Gasteiger partial charge in [0.2, 0.25) is 10.2 Å². The van der Waals surface area contributed by atoms with E-state index in [0.29, 0.717) is 15.9 Å². The normalized spacial score (nSPS) is 12.1. The third-order valence-electron chi connectivity index (χ3n) is 4.50. The van der Waals surface area contributed by atoms with Crippen LogP contribution in [-0.2, 0) is 29.1 Å². The largest absolute Gasteiger partial charge is 0.480 e. The van der Waals surface area contributed by atoms with Crippen LogP contribution >= 0.6 is 11.3 Å². The van der Waals surface area contributed by atoms with Gasteiger partial charge in [0.25, 0.3) is 10.0 Å². The van der Waals surface area contributed by atoms with Crippen molar-refractivity contribution in [2.75, 3.05) is 31.5 Å². The minimum absolute atomic E-state index is 0.236. The predicted molar refractivity (Wildman–Crippen MR) is 143 cm³/mol. The number of thiazole rings is 1. The number of nitrogens with one attached hydrogen (secondary N) is 1. The number of ether oxygens (including phenoxy) is 2. The highest BCUT2D eigenvalue weighted by Crippen LogP contribution is 2.27. The molecule has 2 rings (SSSR count). The van der Waals surface area contributed by atoms with E-state index in [2.05, 4.69) is 10.3 Å². The van der Waals surface area contributed by atoms with E-state index in [1.54, 1.807) is 41.5 Å². The summed E-state index contributed by atoms with van der Waals surface area (Å²) >= 11 is 0.836. The highest BCUT2D eigenvalue weighted by molar-refractivity contribution is 7.91. The molecule has 1 aromatic carbocycles. The molecule has 0 saturated heterocycles. The number of amides is 3. The minimum atomic E-state index is -3.99. The number of carbonyl (C=O) groups is 4. The van der Waals surface area contributed by atoms with Gasteiger partial charge in [-0.25, -0.2) is 28.1 Å². The lowest BCUT2D eigenvalue weighted by molar-refractivity contribution is -0.138. The van der Waals surface area contributed by atoms with E-state index in [1.807, 2.05) is 0 Å². The van der Waals surface area contributed by atoms with Crippen molar-refractivity contribution in [2.45, 2.75) is 57.1 Å². The molecule has 16 heteroatoms. The molecule has 0 fully saturated rings. The molecular formula is C23H33N5O9S2. The van der Waals surface area contributed by atoms with Crippen molar-refractivity contribution >= 4 is 61.3 Å². The Morgan fingerprint density at radius 3 is 1.95 bits per heavy atom. The Hall–Kier alpha value is -3.50. The second-order valence-corrected chi connectivity index (χ2v) is 13.2. The highest BCUT2D eigenvalue weighted by Gasteiger charge is 2.28. The second-order valence-electron chi connectivity index (χ2n) is 10.5. The third-order valence-corrected chi connectivity index (χ3v) is 6.84. The number of aromatic nitrogens is 1. The average Bonchev–Trinajstić information content (AvgIpc) is 3.17. The maximum absolute atomic E-state index is 12.8. The van der Waals surface area contributed by atoms with Gasteiger partial charge >= 0.3 is 18.2 Å². The molecule has 0 aliphatic rings. The Morgan fingerprint density at radius 1 is 0.974 bits per heavy atom. The summed E-state index contributed by atoms with van der Waals surface area (Å²) in [5, 5.41) is 17.0. The maximum atomic E-state index is 12.8. The number of hydrogen-bond donors (Lipinski definition) is 3. The molecule has 0 aliphatic heterocycles. The molecule has 14 nitrogen and oxygen atoms in total. The number of rotatable bonds is 9. The van der Waals surface area contributed by atoms with Crippen molar-refractivity contribution < 1.29 is 42.2 Å². The third kappa shape index (κ3) is 10.6. The minimum Gasteiger partial charge on any atom is -0.480 e. The first-order valence-electron chi connectivity index (χ1n) is 11.6. The van der Waals surface area contributed by atoms with Crippen LogP contribution in [0, 0.1) is 0 Å². The van der Waals surface area contributed by atoms with Gasteiger partial charge in [-0.3, -0.25) is 19.4 Å². The van der Waals surface area contributed by atoms with E-state index in [9.17, 15) is 32.7 Å². The van der Waals surface area contributed by atoms with Crippen molar-refractivity contribution in [2.24, 2.45) is 5.14 Å². The topological polar surface area (TPSA) is 199 Å². The molecule has 1 aromatic heterocycles. The molecule has 4 N–H and O–H groups in total. The summed E-state index contributed by atoms with van der Waals surface area (Å²) in [6, 6.07) is 4.52. The van der Waals surface area contributed by atoms with Gasteiger partial charge in [0.05, 0.1) is 10.2 Å². The number of carbonyl (C=O) groups excluding carboxylic acids is 3. The van der Waals surface area contributed by atoms with E-state index in [4.69, 9.17) is 14.6 Å². The molecule has 0 aliphatic carbocycles. The fourth-order valence-electron chi connectivity index (χ4n) is 3.00. The van der Waals surface area contributed by atoms with Crippen LogP contribution < -0.4 is 10.5 Å². The fourth-order valence-corrected chi connectivity index (χ4v) is 4.70. The molecule has 3 amide bonds. The quantitative estimate of drug-likeness (QED) is 0.391. The van der Waals surface area contributed by atoms with Crippen molar-refractivity contribution in [1.82, 2.24) is 14.8 Å². The summed E-state index contributed by atoms with van der Waals surface area (Å²) in [5.74, 6) is -1.91. The van der Waals surface area contributed by atoms with Gasteiger partial charge in [0.1, 0.15) is 24.3 Å². The summed E-state index contributed by atoms with van der Waals surface area (Å²) in [7, 11) is -3.99. The Bertz CT molecular complexity index is 1340. The first-order chi connectivity index (χ1) is 17.7. The van der Waals surface area contributed by atoms with Gasteiger partial charge in [-0.1, -0.05) is 0 Å². The van der Waals surface area contributed by atoms with E-state index in [1.165, 1.54) is 18.2 Å². The number of sulfonamides is 1. The first-order valence-corrected chi connectivity index (χ1v) is 14.0. The van der Waals surface area contributed by atoms with Gasteiger partial charge < -0.3 is 19.9 Å². The van der Waals surface area contributed by atoms with Gasteiger partial charge in [0.15, 0.2) is 0 Å². The van der Waals surface area contributed by atoms with Gasteiger partial charge in [-0.15, -0.1) is 11.3 Å². The maximum Gasteiger partial charge on any atom is 0.410 e. The van der Waals surface area contributed by atoms with Gasteiger partial charge in [-0.05, 0) is 59.7 Å². The molecule has 0 bridgehead atoms. The van der Waals surface area contributed by atoms with E-state index in [-0.39, 0.29) is 17.4 Å². The summed E-state index contributed by atoms with van der Waals surface area (Å²) < 4.78 is 34.0. The van der Waals surface area contributed by atoms with Crippen LogP contribution in [0.25, 0.3) is 10.2 Å². The number of nitrogens with two attached hydrogens (primary N) is 1.